The fourth-order valence-corrected chi connectivity index (χ4v) is 3.72. The van der Waals surface area contributed by atoms with Gasteiger partial charge in [-0.1, -0.05) is 36.1 Å². The Hall–Kier alpha value is -2.20. The maximum atomic E-state index is 12.7. The molecule has 0 bridgehead atoms. The first kappa shape index (κ1) is 17.6. The molecule has 3 heterocycles. The molecule has 2 aromatic heterocycles. The number of aromatic nitrogens is 3. The number of pyridine rings is 1. The number of ether oxygens (including phenoxy) is 1. The van der Waals surface area contributed by atoms with Crippen molar-refractivity contribution in [2.75, 3.05) is 24.2 Å². The third-order valence-corrected chi connectivity index (χ3v) is 5.43. The van der Waals surface area contributed by atoms with E-state index < -0.39 is 12.2 Å². The first-order valence-corrected chi connectivity index (χ1v) is 9.75. The number of hydrogen-bond acceptors (Lipinski definition) is 8. The highest BCUT2D eigenvalue weighted by Crippen LogP contribution is 2.31. The quantitative estimate of drug-likeness (QED) is 0.433. The third-order valence-electron chi connectivity index (χ3n) is 3.53. The molecule has 2 aromatic rings. The number of esters is 1. The molecule has 1 atom stereocenters. The van der Waals surface area contributed by atoms with Gasteiger partial charge in [-0.3, -0.25) is 0 Å². The molecule has 10 heteroatoms. The van der Waals surface area contributed by atoms with Gasteiger partial charge in [0.2, 0.25) is 11.4 Å². The predicted octanol–water partition coefficient (Wildman–Crippen LogP) is 2.49. The molecule has 0 N–H and O–H groups in total. The van der Waals surface area contributed by atoms with Gasteiger partial charge in [0.15, 0.2) is 4.34 Å². The first-order chi connectivity index (χ1) is 12.1. The van der Waals surface area contributed by atoms with Crippen LogP contribution < -0.4 is 4.90 Å². The van der Waals surface area contributed by atoms with Crippen LogP contribution in [0, 0.1) is 0 Å². The van der Waals surface area contributed by atoms with Crippen LogP contribution in [0.15, 0.2) is 28.7 Å². The average molecular weight is 379 g/mol. The largest absolute Gasteiger partial charge is 0.434 e. The molecule has 1 aliphatic heterocycles. The lowest BCUT2D eigenvalue weighted by atomic mass is 10.3. The fourth-order valence-electron chi connectivity index (χ4n) is 2.43. The van der Waals surface area contributed by atoms with Crippen LogP contribution in [0.1, 0.15) is 23.8 Å². The highest BCUT2D eigenvalue weighted by Gasteiger charge is 2.42. The molecule has 0 saturated carbocycles. The molecular formula is C15H17N5O3S2. The van der Waals surface area contributed by atoms with E-state index in [1.807, 2.05) is 13.2 Å². The van der Waals surface area contributed by atoms with Gasteiger partial charge in [0, 0.05) is 12.7 Å². The fraction of sp³-hybridized carbons (Fsp3) is 0.400. The first-order valence-electron chi connectivity index (χ1n) is 7.71. The summed E-state index contributed by atoms with van der Waals surface area (Å²) in [6.45, 7) is 2.86. The smallest absolute Gasteiger partial charge is 0.358 e. The number of amides is 2. The van der Waals surface area contributed by atoms with Gasteiger partial charge >= 0.3 is 12.0 Å². The summed E-state index contributed by atoms with van der Waals surface area (Å²) < 4.78 is 6.29. The number of hydrogen-bond donors (Lipinski definition) is 0. The van der Waals surface area contributed by atoms with E-state index in [0.717, 1.165) is 10.8 Å². The van der Waals surface area contributed by atoms with Crippen LogP contribution in [0.25, 0.3) is 0 Å². The van der Waals surface area contributed by atoms with Gasteiger partial charge in [-0.15, -0.1) is 10.2 Å². The molecule has 0 radical (unpaired) electrons. The lowest BCUT2D eigenvalue weighted by molar-refractivity contribution is 0.0319. The van der Waals surface area contributed by atoms with Crippen LogP contribution in [0.4, 0.5) is 9.93 Å². The Bertz CT molecular complexity index is 755. The summed E-state index contributed by atoms with van der Waals surface area (Å²) in [7, 11) is 0. The summed E-state index contributed by atoms with van der Waals surface area (Å²) in [4.78, 5) is 32.1. The second-order valence-electron chi connectivity index (χ2n) is 5.23. The van der Waals surface area contributed by atoms with E-state index in [1.165, 1.54) is 34.2 Å². The minimum absolute atomic E-state index is 0.200. The molecule has 0 spiro atoms. The Labute approximate surface area is 153 Å². The Morgan fingerprint density at radius 1 is 1.44 bits per heavy atom. The maximum absolute atomic E-state index is 12.7. The minimum Gasteiger partial charge on any atom is -0.434 e. The van der Waals surface area contributed by atoms with Crippen LogP contribution in [0.2, 0.25) is 0 Å². The third kappa shape index (κ3) is 3.74. The average Bonchev–Trinajstić information content (AvgIpc) is 3.21. The van der Waals surface area contributed by atoms with E-state index in [9.17, 15) is 9.59 Å². The Morgan fingerprint density at radius 3 is 2.92 bits per heavy atom. The second-order valence-corrected chi connectivity index (χ2v) is 7.24. The van der Waals surface area contributed by atoms with Crippen molar-refractivity contribution in [1.82, 2.24) is 20.1 Å². The number of thioether (sulfide) groups is 1. The molecule has 2 amide bonds. The number of carbonyl (C=O) groups is 2. The summed E-state index contributed by atoms with van der Waals surface area (Å²) in [6.07, 6.45) is 3.47. The predicted molar refractivity (Wildman–Crippen MR) is 94.9 cm³/mol. The van der Waals surface area contributed by atoms with Gasteiger partial charge < -0.3 is 9.64 Å². The van der Waals surface area contributed by atoms with Crippen LogP contribution in [-0.4, -0.2) is 57.7 Å². The number of anilines is 1. The van der Waals surface area contributed by atoms with Crippen LogP contribution in [0.3, 0.4) is 0 Å². The van der Waals surface area contributed by atoms with Crippen molar-refractivity contribution in [3.8, 4) is 0 Å². The molecule has 1 saturated heterocycles. The molecule has 132 valence electrons. The summed E-state index contributed by atoms with van der Waals surface area (Å²) in [5.41, 5.74) is 0.200. The Morgan fingerprint density at radius 2 is 2.28 bits per heavy atom. The summed E-state index contributed by atoms with van der Waals surface area (Å²) >= 11 is 2.74. The number of urea groups is 1. The SMILES string of the molecule is CCCN1CC(OC(=O)c2ccccn2)N(c2nnc(SC)s2)C1=O. The normalized spacial score (nSPS) is 17.2. The molecular weight excluding hydrogens is 362 g/mol. The van der Waals surface area contributed by atoms with E-state index in [1.54, 1.807) is 23.1 Å². The van der Waals surface area contributed by atoms with Crippen molar-refractivity contribution in [2.45, 2.75) is 23.9 Å². The second kappa shape index (κ2) is 7.79. The van der Waals surface area contributed by atoms with E-state index in [0.29, 0.717) is 18.2 Å². The number of rotatable bonds is 6. The molecule has 1 aliphatic rings. The zero-order valence-electron chi connectivity index (χ0n) is 13.8. The van der Waals surface area contributed by atoms with Crippen molar-refractivity contribution >= 4 is 40.2 Å². The van der Waals surface area contributed by atoms with E-state index in [2.05, 4.69) is 15.2 Å². The van der Waals surface area contributed by atoms with E-state index in [4.69, 9.17) is 4.74 Å². The highest BCUT2D eigenvalue weighted by atomic mass is 32.2. The zero-order chi connectivity index (χ0) is 17.8. The molecule has 8 nitrogen and oxygen atoms in total. The van der Waals surface area contributed by atoms with E-state index >= 15 is 0 Å². The van der Waals surface area contributed by atoms with Crippen LogP contribution in [0.5, 0.6) is 0 Å². The zero-order valence-corrected chi connectivity index (χ0v) is 15.4. The Balaban J connectivity index is 1.83. The highest BCUT2D eigenvalue weighted by molar-refractivity contribution is 8.00. The molecule has 0 aliphatic carbocycles. The standard InChI is InChI=1S/C15H17N5O3S2/c1-3-8-19-9-11(23-12(21)10-6-4-5-7-16-10)20(15(19)22)13-17-18-14(24-2)25-13/h4-7,11H,3,8-9H2,1-2H3. The summed E-state index contributed by atoms with van der Waals surface area (Å²) in [5, 5.41) is 8.51. The molecule has 3 rings (SSSR count). The van der Waals surface area contributed by atoms with Crippen molar-refractivity contribution in [3.05, 3.63) is 30.1 Å². The van der Waals surface area contributed by atoms with Crippen LogP contribution >= 0.6 is 23.1 Å². The van der Waals surface area contributed by atoms with Crippen molar-refractivity contribution in [1.29, 1.82) is 0 Å². The summed E-state index contributed by atoms with van der Waals surface area (Å²) in [5.74, 6) is -0.573. The lowest BCUT2D eigenvalue weighted by Crippen LogP contribution is -2.37. The van der Waals surface area contributed by atoms with Gasteiger partial charge in [0.1, 0.15) is 5.69 Å². The number of carbonyl (C=O) groups excluding carboxylic acids is 2. The lowest BCUT2D eigenvalue weighted by Gasteiger charge is -2.19. The summed E-state index contributed by atoms with van der Waals surface area (Å²) in [6, 6.07) is 4.77. The van der Waals surface area contributed by atoms with Crippen molar-refractivity contribution in [2.24, 2.45) is 0 Å². The van der Waals surface area contributed by atoms with Crippen molar-refractivity contribution < 1.29 is 14.3 Å². The molecule has 0 aromatic carbocycles. The minimum atomic E-state index is -0.754. The topological polar surface area (TPSA) is 88.5 Å². The van der Waals surface area contributed by atoms with Gasteiger partial charge in [-0.2, -0.15) is 0 Å². The number of nitrogens with zero attached hydrogens (tertiary/aromatic N) is 5. The van der Waals surface area contributed by atoms with Gasteiger partial charge in [0.25, 0.3) is 0 Å². The molecule has 25 heavy (non-hydrogen) atoms. The van der Waals surface area contributed by atoms with Crippen molar-refractivity contribution in [3.63, 3.8) is 0 Å². The maximum Gasteiger partial charge on any atom is 0.358 e. The Kier molecular flexibility index (Phi) is 5.49. The van der Waals surface area contributed by atoms with Gasteiger partial charge in [-0.05, 0) is 24.8 Å². The molecule has 1 unspecified atom stereocenters. The van der Waals surface area contributed by atoms with Crippen LogP contribution in [-0.2, 0) is 4.74 Å². The monoisotopic (exact) mass is 379 g/mol. The van der Waals surface area contributed by atoms with Gasteiger partial charge in [-0.25, -0.2) is 19.5 Å². The molecule has 1 fully saturated rings. The van der Waals surface area contributed by atoms with Gasteiger partial charge in [0.05, 0.1) is 6.54 Å². The van der Waals surface area contributed by atoms with E-state index in [-0.39, 0.29) is 11.7 Å².